The molecule has 1 atom stereocenters. The lowest BCUT2D eigenvalue weighted by Crippen LogP contribution is -2.34. The Morgan fingerprint density at radius 3 is 2.70 bits per heavy atom. The average molecular weight is 313 g/mol. The molecule has 5 nitrogen and oxygen atoms in total. The molecule has 0 bridgehead atoms. The van der Waals surface area contributed by atoms with Crippen molar-refractivity contribution in [3.8, 4) is 17.6 Å². The molecule has 0 saturated carbocycles. The zero-order valence-electron chi connectivity index (χ0n) is 12.5. The van der Waals surface area contributed by atoms with Crippen LogP contribution < -0.4 is 15.8 Å². The van der Waals surface area contributed by atoms with Gasteiger partial charge in [-0.05, 0) is 30.7 Å². The van der Waals surface area contributed by atoms with Gasteiger partial charge < -0.3 is 15.8 Å². The molecule has 118 valence electrons. The van der Waals surface area contributed by atoms with Crippen LogP contribution in [0, 0.1) is 17.1 Å². The molecule has 0 aliphatic rings. The second-order valence-corrected chi connectivity index (χ2v) is 4.86. The van der Waals surface area contributed by atoms with Gasteiger partial charge in [0.2, 0.25) is 5.91 Å². The third kappa shape index (κ3) is 3.98. The molecule has 0 spiro atoms. The molecular formula is C17H16FN3O2. The number of primary amides is 1. The predicted octanol–water partition coefficient (Wildman–Crippen LogP) is 3.17. The van der Waals surface area contributed by atoms with Gasteiger partial charge in [-0.3, -0.25) is 4.79 Å². The maximum absolute atomic E-state index is 14.2. The van der Waals surface area contributed by atoms with Gasteiger partial charge in [-0.2, -0.15) is 5.26 Å². The van der Waals surface area contributed by atoms with E-state index in [-0.39, 0.29) is 11.5 Å². The lowest BCUT2D eigenvalue weighted by atomic mass is 10.2. The minimum Gasteiger partial charge on any atom is -0.453 e. The molecule has 1 amide bonds. The molecule has 0 unspecified atom stereocenters. The van der Waals surface area contributed by atoms with E-state index in [9.17, 15) is 9.18 Å². The summed E-state index contributed by atoms with van der Waals surface area (Å²) in [7, 11) is 0. The number of ether oxygens (including phenoxy) is 1. The number of carbonyl (C=O) groups is 1. The number of hydrogen-bond acceptors (Lipinski definition) is 4. The number of halogens is 1. The van der Waals surface area contributed by atoms with Gasteiger partial charge in [0.15, 0.2) is 11.6 Å². The first-order valence-electron chi connectivity index (χ1n) is 7.07. The summed E-state index contributed by atoms with van der Waals surface area (Å²) in [4.78, 5) is 11.2. The lowest BCUT2D eigenvalue weighted by molar-refractivity contribution is -0.118. The fraction of sp³-hybridized carbons (Fsp3) is 0.176. The van der Waals surface area contributed by atoms with Crippen LogP contribution in [-0.4, -0.2) is 11.9 Å². The molecule has 0 aliphatic carbocycles. The van der Waals surface area contributed by atoms with Crippen molar-refractivity contribution in [3.63, 3.8) is 0 Å². The normalized spacial score (nSPS) is 11.3. The smallest absolute Gasteiger partial charge is 0.239 e. The minimum absolute atomic E-state index is 0.00891. The second kappa shape index (κ2) is 7.27. The Morgan fingerprint density at radius 1 is 1.35 bits per heavy atom. The number of hydrogen-bond donors (Lipinski definition) is 2. The van der Waals surface area contributed by atoms with Crippen LogP contribution in [0.5, 0.6) is 11.5 Å². The molecule has 0 aliphatic heterocycles. The molecule has 2 aromatic rings. The maximum Gasteiger partial charge on any atom is 0.239 e. The van der Waals surface area contributed by atoms with Crippen molar-refractivity contribution in [2.24, 2.45) is 5.73 Å². The van der Waals surface area contributed by atoms with E-state index >= 15 is 0 Å². The van der Waals surface area contributed by atoms with Crippen LogP contribution in [-0.2, 0) is 4.79 Å². The van der Waals surface area contributed by atoms with Crippen LogP contribution in [0.4, 0.5) is 10.1 Å². The molecule has 0 fully saturated rings. The van der Waals surface area contributed by atoms with Crippen LogP contribution in [0.2, 0.25) is 0 Å². The van der Waals surface area contributed by atoms with Crippen molar-refractivity contribution >= 4 is 11.6 Å². The van der Waals surface area contributed by atoms with Crippen molar-refractivity contribution in [1.29, 1.82) is 5.26 Å². The number of amides is 1. The fourth-order valence-electron chi connectivity index (χ4n) is 2.02. The first kappa shape index (κ1) is 16.3. The number of nitrogens with zero attached hydrogens (tertiary/aromatic N) is 1. The Balaban J connectivity index is 2.20. The van der Waals surface area contributed by atoms with E-state index < -0.39 is 17.8 Å². The minimum atomic E-state index is -0.609. The third-order valence-electron chi connectivity index (χ3n) is 3.25. The van der Waals surface area contributed by atoms with E-state index in [0.29, 0.717) is 17.7 Å². The Hall–Kier alpha value is -3.07. The number of anilines is 1. The third-order valence-corrected chi connectivity index (χ3v) is 3.25. The summed E-state index contributed by atoms with van der Waals surface area (Å²) in [5.74, 6) is -0.846. The highest BCUT2D eigenvalue weighted by atomic mass is 19.1. The van der Waals surface area contributed by atoms with Crippen LogP contribution in [0.15, 0.2) is 42.5 Å². The number of benzene rings is 2. The number of rotatable bonds is 6. The van der Waals surface area contributed by atoms with E-state index in [2.05, 4.69) is 5.32 Å². The summed E-state index contributed by atoms with van der Waals surface area (Å²) < 4.78 is 19.6. The van der Waals surface area contributed by atoms with Crippen molar-refractivity contribution in [2.45, 2.75) is 19.4 Å². The quantitative estimate of drug-likeness (QED) is 0.857. The zero-order chi connectivity index (χ0) is 16.8. The topological polar surface area (TPSA) is 88.1 Å². The SMILES string of the molecule is CC[C@@H](Nc1ccc(Oc2ccccc2C#N)c(F)c1)C(N)=O. The Bertz CT molecular complexity index is 756. The first-order chi connectivity index (χ1) is 11.0. The largest absolute Gasteiger partial charge is 0.453 e. The zero-order valence-corrected chi connectivity index (χ0v) is 12.5. The van der Waals surface area contributed by atoms with Crippen molar-refractivity contribution in [2.75, 3.05) is 5.32 Å². The molecular weight excluding hydrogens is 297 g/mol. The van der Waals surface area contributed by atoms with Crippen LogP contribution >= 0.6 is 0 Å². The monoisotopic (exact) mass is 313 g/mol. The van der Waals surface area contributed by atoms with Gasteiger partial charge >= 0.3 is 0 Å². The molecule has 23 heavy (non-hydrogen) atoms. The fourth-order valence-corrected chi connectivity index (χ4v) is 2.02. The molecule has 6 heteroatoms. The molecule has 0 radical (unpaired) electrons. The highest BCUT2D eigenvalue weighted by Crippen LogP contribution is 2.29. The average Bonchev–Trinajstić information content (AvgIpc) is 2.55. The summed E-state index contributed by atoms with van der Waals surface area (Å²) in [6.45, 7) is 1.80. The van der Waals surface area contributed by atoms with Crippen molar-refractivity contribution in [1.82, 2.24) is 0 Å². The highest BCUT2D eigenvalue weighted by molar-refractivity contribution is 5.82. The number of carbonyl (C=O) groups excluding carboxylic acids is 1. The molecule has 2 aromatic carbocycles. The van der Waals surface area contributed by atoms with E-state index in [0.717, 1.165) is 0 Å². The van der Waals surface area contributed by atoms with Crippen LogP contribution in [0.3, 0.4) is 0 Å². The van der Waals surface area contributed by atoms with Gasteiger partial charge in [0.05, 0.1) is 5.56 Å². The van der Waals surface area contributed by atoms with E-state index in [1.807, 2.05) is 6.07 Å². The van der Waals surface area contributed by atoms with E-state index in [4.69, 9.17) is 15.7 Å². The summed E-state index contributed by atoms with van der Waals surface area (Å²) in [6.07, 6.45) is 0.491. The van der Waals surface area contributed by atoms with Crippen LogP contribution in [0.1, 0.15) is 18.9 Å². The number of para-hydroxylation sites is 1. The Kier molecular flexibility index (Phi) is 5.15. The number of nitrogens with one attached hydrogen (secondary N) is 1. The maximum atomic E-state index is 14.2. The van der Waals surface area contributed by atoms with Gasteiger partial charge in [-0.15, -0.1) is 0 Å². The van der Waals surface area contributed by atoms with Gasteiger partial charge in [-0.1, -0.05) is 19.1 Å². The molecule has 0 aromatic heterocycles. The summed E-state index contributed by atoms with van der Waals surface area (Å²) in [6, 6.07) is 12.2. The predicted molar refractivity (Wildman–Crippen MR) is 84.5 cm³/mol. The summed E-state index contributed by atoms with van der Waals surface area (Å²) >= 11 is 0. The molecule has 0 heterocycles. The lowest BCUT2D eigenvalue weighted by Gasteiger charge is -2.15. The Morgan fingerprint density at radius 2 is 2.09 bits per heavy atom. The highest BCUT2D eigenvalue weighted by Gasteiger charge is 2.14. The number of nitriles is 1. The van der Waals surface area contributed by atoms with Gasteiger partial charge in [0.25, 0.3) is 0 Å². The Labute approximate surface area is 133 Å². The van der Waals surface area contributed by atoms with Crippen LogP contribution in [0.25, 0.3) is 0 Å². The van der Waals surface area contributed by atoms with Crippen molar-refractivity contribution < 1.29 is 13.9 Å². The van der Waals surface area contributed by atoms with Gasteiger partial charge in [-0.25, -0.2) is 4.39 Å². The first-order valence-corrected chi connectivity index (χ1v) is 7.07. The molecule has 3 N–H and O–H groups in total. The van der Waals surface area contributed by atoms with E-state index in [1.54, 1.807) is 37.3 Å². The standard InChI is InChI=1S/C17H16FN3O2/c1-2-14(17(20)22)21-12-7-8-16(13(18)9-12)23-15-6-4-3-5-11(15)10-19/h3-9,14,21H,2H2,1H3,(H2,20,22)/t14-/m1/s1. The van der Waals surface area contributed by atoms with Gasteiger partial charge in [0, 0.05) is 11.8 Å². The second-order valence-electron chi connectivity index (χ2n) is 4.86. The summed E-state index contributed by atoms with van der Waals surface area (Å²) in [5.41, 5.74) is 5.99. The molecule has 2 rings (SSSR count). The van der Waals surface area contributed by atoms with Crippen molar-refractivity contribution in [3.05, 3.63) is 53.8 Å². The molecule has 0 saturated heterocycles. The summed E-state index contributed by atoms with van der Waals surface area (Å²) in [5, 5.41) is 11.9. The number of nitrogens with two attached hydrogens (primary N) is 1. The van der Waals surface area contributed by atoms with Gasteiger partial charge in [0.1, 0.15) is 17.9 Å². The van der Waals surface area contributed by atoms with E-state index in [1.165, 1.54) is 12.1 Å².